The SMILES string of the molecule is Cc1ccc(CN2CCN(Cc3ccc(N)nc3)C(C)(C)C2)cc1. The van der Waals surface area contributed by atoms with Gasteiger partial charge >= 0.3 is 0 Å². The zero-order chi connectivity index (χ0) is 17.2. The molecule has 1 aromatic carbocycles. The number of rotatable bonds is 4. The van der Waals surface area contributed by atoms with Gasteiger partial charge in [0.05, 0.1) is 0 Å². The number of anilines is 1. The molecule has 2 aromatic rings. The molecule has 2 N–H and O–H groups in total. The molecule has 128 valence electrons. The maximum Gasteiger partial charge on any atom is 0.123 e. The first-order valence-corrected chi connectivity index (χ1v) is 8.66. The Morgan fingerprint density at radius 3 is 2.33 bits per heavy atom. The number of aryl methyl sites for hydroxylation is 1. The van der Waals surface area contributed by atoms with Crippen LogP contribution in [0.15, 0.2) is 42.6 Å². The number of aromatic nitrogens is 1. The molecule has 1 aromatic heterocycles. The first kappa shape index (κ1) is 16.9. The highest BCUT2D eigenvalue weighted by Crippen LogP contribution is 2.24. The van der Waals surface area contributed by atoms with E-state index in [1.807, 2.05) is 12.3 Å². The highest BCUT2D eigenvalue weighted by molar-refractivity contribution is 5.29. The minimum atomic E-state index is 0.143. The third-order valence-corrected chi connectivity index (χ3v) is 4.90. The topological polar surface area (TPSA) is 45.4 Å². The molecule has 0 saturated carbocycles. The Morgan fingerprint density at radius 1 is 1.00 bits per heavy atom. The van der Waals surface area contributed by atoms with Gasteiger partial charge in [0.25, 0.3) is 0 Å². The van der Waals surface area contributed by atoms with Crippen molar-refractivity contribution >= 4 is 5.82 Å². The van der Waals surface area contributed by atoms with E-state index in [-0.39, 0.29) is 5.54 Å². The smallest absolute Gasteiger partial charge is 0.123 e. The average Bonchev–Trinajstić information content (AvgIpc) is 2.54. The van der Waals surface area contributed by atoms with Crippen LogP contribution < -0.4 is 5.73 Å². The third-order valence-electron chi connectivity index (χ3n) is 4.90. The fourth-order valence-electron chi connectivity index (χ4n) is 3.42. The Balaban J connectivity index is 1.61. The Hall–Kier alpha value is -1.91. The number of nitrogens with two attached hydrogens (primary N) is 1. The molecular weight excluding hydrogens is 296 g/mol. The van der Waals surface area contributed by atoms with Gasteiger partial charge in [-0.05, 0) is 38.0 Å². The van der Waals surface area contributed by atoms with Crippen molar-refractivity contribution in [3.05, 3.63) is 59.3 Å². The Labute approximate surface area is 145 Å². The van der Waals surface area contributed by atoms with Gasteiger partial charge in [-0.2, -0.15) is 0 Å². The van der Waals surface area contributed by atoms with Crippen LogP contribution in [0.25, 0.3) is 0 Å². The standard InChI is InChI=1S/C20H28N4/c1-16-4-6-17(7-5-16)13-23-10-11-24(20(2,3)15-23)14-18-8-9-19(21)22-12-18/h4-9,12H,10-11,13-15H2,1-3H3,(H2,21,22). The van der Waals surface area contributed by atoms with Gasteiger partial charge in [-0.3, -0.25) is 9.80 Å². The molecule has 1 fully saturated rings. The Kier molecular flexibility index (Phi) is 4.88. The van der Waals surface area contributed by atoms with Gasteiger partial charge in [-0.1, -0.05) is 35.9 Å². The van der Waals surface area contributed by atoms with Crippen LogP contribution in [0.1, 0.15) is 30.5 Å². The number of benzene rings is 1. The zero-order valence-electron chi connectivity index (χ0n) is 15.0. The summed E-state index contributed by atoms with van der Waals surface area (Å²) in [7, 11) is 0. The van der Waals surface area contributed by atoms with Crippen LogP contribution >= 0.6 is 0 Å². The van der Waals surface area contributed by atoms with Crippen LogP contribution in [-0.2, 0) is 13.1 Å². The van der Waals surface area contributed by atoms with Crippen molar-refractivity contribution in [2.24, 2.45) is 0 Å². The number of hydrogen-bond acceptors (Lipinski definition) is 4. The molecule has 0 atom stereocenters. The lowest BCUT2D eigenvalue weighted by molar-refractivity contribution is 0.0103. The summed E-state index contributed by atoms with van der Waals surface area (Å²) in [6.07, 6.45) is 1.89. The molecule has 0 spiro atoms. The minimum Gasteiger partial charge on any atom is -0.384 e. The minimum absolute atomic E-state index is 0.143. The highest BCUT2D eigenvalue weighted by Gasteiger charge is 2.33. The molecule has 0 amide bonds. The van der Waals surface area contributed by atoms with Gasteiger partial charge in [0.2, 0.25) is 0 Å². The lowest BCUT2D eigenvalue weighted by atomic mass is 9.97. The molecule has 0 radical (unpaired) electrons. The number of pyridine rings is 1. The van der Waals surface area contributed by atoms with Crippen molar-refractivity contribution in [1.82, 2.24) is 14.8 Å². The molecule has 1 aliphatic heterocycles. The molecule has 4 nitrogen and oxygen atoms in total. The maximum atomic E-state index is 5.68. The quantitative estimate of drug-likeness (QED) is 0.939. The predicted octanol–water partition coefficient (Wildman–Crippen LogP) is 3.07. The van der Waals surface area contributed by atoms with Crippen molar-refractivity contribution in [2.45, 2.75) is 39.4 Å². The monoisotopic (exact) mass is 324 g/mol. The van der Waals surface area contributed by atoms with E-state index in [0.717, 1.165) is 32.7 Å². The van der Waals surface area contributed by atoms with Crippen molar-refractivity contribution in [1.29, 1.82) is 0 Å². The maximum absolute atomic E-state index is 5.68. The van der Waals surface area contributed by atoms with Gasteiger partial charge in [0.15, 0.2) is 0 Å². The number of hydrogen-bond donors (Lipinski definition) is 1. The lowest BCUT2D eigenvalue weighted by Gasteiger charge is -2.47. The van der Waals surface area contributed by atoms with Crippen LogP contribution in [0.3, 0.4) is 0 Å². The molecule has 3 rings (SSSR count). The summed E-state index contributed by atoms with van der Waals surface area (Å²) >= 11 is 0. The fourth-order valence-corrected chi connectivity index (χ4v) is 3.42. The molecular formula is C20H28N4. The van der Waals surface area contributed by atoms with Crippen molar-refractivity contribution in [2.75, 3.05) is 25.4 Å². The van der Waals surface area contributed by atoms with E-state index in [4.69, 9.17) is 5.73 Å². The van der Waals surface area contributed by atoms with E-state index in [2.05, 4.69) is 65.9 Å². The second-order valence-electron chi connectivity index (χ2n) is 7.52. The van der Waals surface area contributed by atoms with E-state index >= 15 is 0 Å². The van der Waals surface area contributed by atoms with Crippen LogP contribution in [0.4, 0.5) is 5.82 Å². The Morgan fingerprint density at radius 2 is 1.71 bits per heavy atom. The predicted molar refractivity (Wildman–Crippen MR) is 99.6 cm³/mol. The third kappa shape index (κ3) is 4.13. The summed E-state index contributed by atoms with van der Waals surface area (Å²) in [6.45, 7) is 12.0. The van der Waals surface area contributed by atoms with Gasteiger partial charge in [-0.25, -0.2) is 4.98 Å². The van der Waals surface area contributed by atoms with E-state index < -0.39 is 0 Å². The molecule has 24 heavy (non-hydrogen) atoms. The summed E-state index contributed by atoms with van der Waals surface area (Å²) in [6, 6.07) is 12.9. The average molecular weight is 324 g/mol. The fraction of sp³-hybridized carbons (Fsp3) is 0.450. The molecule has 2 heterocycles. The summed E-state index contributed by atoms with van der Waals surface area (Å²) in [5.41, 5.74) is 9.77. The molecule has 4 heteroatoms. The van der Waals surface area contributed by atoms with E-state index in [0.29, 0.717) is 5.82 Å². The highest BCUT2D eigenvalue weighted by atomic mass is 15.3. The van der Waals surface area contributed by atoms with Crippen LogP contribution in [-0.4, -0.2) is 40.0 Å². The van der Waals surface area contributed by atoms with Gasteiger partial charge in [0, 0.05) is 44.5 Å². The van der Waals surface area contributed by atoms with Crippen LogP contribution in [0, 0.1) is 6.92 Å². The summed E-state index contributed by atoms with van der Waals surface area (Å²) in [4.78, 5) is 9.32. The second-order valence-corrected chi connectivity index (χ2v) is 7.52. The lowest BCUT2D eigenvalue weighted by Crippen LogP contribution is -2.58. The second kappa shape index (κ2) is 6.91. The van der Waals surface area contributed by atoms with Gasteiger partial charge < -0.3 is 5.73 Å². The van der Waals surface area contributed by atoms with Gasteiger partial charge in [0.1, 0.15) is 5.82 Å². The first-order valence-electron chi connectivity index (χ1n) is 8.66. The van der Waals surface area contributed by atoms with E-state index in [1.54, 1.807) is 0 Å². The first-order chi connectivity index (χ1) is 11.4. The normalized spacial score (nSPS) is 18.6. The van der Waals surface area contributed by atoms with Crippen molar-refractivity contribution in [3.8, 4) is 0 Å². The number of nitrogens with zero attached hydrogens (tertiary/aromatic N) is 3. The Bertz CT molecular complexity index is 661. The van der Waals surface area contributed by atoms with Crippen molar-refractivity contribution < 1.29 is 0 Å². The summed E-state index contributed by atoms with van der Waals surface area (Å²) in [5.74, 6) is 0.584. The molecule has 0 aliphatic carbocycles. The summed E-state index contributed by atoms with van der Waals surface area (Å²) in [5, 5.41) is 0. The molecule has 1 saturated heterocycles. The zero-order valence-corrected chi connectivity index (χ0v) is 15.0. The largest absolute Gasteiger partial charge is 0.384 e. The molecule has 0 bridgehead atoms. The van der Waals surface area contributed by atoms with Crippen molar-refractivity contribution in [3.63, 3.8) is 0 Å². The molecule has 0 unspecified atom stereocenters. The van der Waals surface area contributed by atoms with Gasteiger partial charge in [-0.15, -0.1) is 0 Å². The van der Waals surface area contributed by atoms with Crippen LogP contribution in [0.2, 0.25) is 0 Å². The van der Waals surface area contributed by atoms with E-state index in [1.165, 1.54) is 16.7 Å². The number of nitrogen functional groups attached to an aromatic ring is 1. The van der Waals surface area contributed by atoms with Crippen LogP contribution in [0.5, 0.6) is 0 Å². The molecule has 1 aliphatic rings. The number of piperazine rings is 1. The van der Waals surface area contributed by atoms with E-state index in [9.17, 15) is 0 Å². The summed E-state index contributed by atoms with van der Waals surface area (Å²) < 4.78 is 0.